The maximum atomic E-state index is 10.3. The Labute approximate surface area is 262 Å². The standard InChI is InChI=1S/C17H14O.C7H7NO2.C6H5Cl2NO.C3H4N2O/c1-12-11-14-9-5-6-10-15(14)16(17(12)18)13-7-3-2-4-8-13;8-6-4-2-1-3-5(6)7(9)10;7-3-1-4(8)6(10)5(9)2-3;6-3-1-2-4-5-3/h2-11,18H,1H3;1-4H,8H2,(H,9,10);1-2,10H,9H2;1-2H,(H2,4,5,6). The molecule has 0 aliphatic rings. The highest BCUT2D eigenvalue weighted by Crippen LogP contribution is 2.38. The van der Waals surface area contributed by atoms with Crippen LogP contribution in [0.15, 0.2) is 114 Å². The normalized spacial score (nSPS) is 9.89. The first-order chi connectivity index (χ1) is 21.0. The largest absolute Gasteiger partial charge is 0.507 e. The van der Waals surface area contributed by atoms with Crippen molar-refractivity contribution in [3.63, 3.8) is 0 Å². The van der Waals surface area contributed by atoms with Gasteiger partial charge in [0.25, 0.3) is 5.56 Å². The highest BCUT2D eigenvalue weighted by Gasteiger charge is 2.11. The Morgan fingerprint density at radius 1 is 0.773 bits per heavy atom. The van der Waals surface area contributed by atoms with Crippen LogP contribution < -0.4 is 17.0 Å². The van der Waals surface area contributed by atoms with Gasteiger partial charge in [0, 0.05) is 28.5 Å². The summed E-state index contributed by atoms with van der Waals surface area (Å²) in [5.41, 5.74) is 14.1. The molecule has 9 nitrogen and oxygen atoms in total. The topological polar surface area (TPSA) is 178 Å². The zero-order valence-corrected chi connectivity index (χ0v) is 25.0. The van der Waals surface area contributed by atoms with Crippen molar-refractivity contribution in [2.45, 2.75) is 6.92 Å². The number of aryl methyl sites for hydroxylation is 1. The third-order valence-corrected chi connectivity index (χ3v) is 6.54. The average Bonchev–Trinajstić information content (AvgIpc) is 3.49. The lowest BCUT2D eigenvalue weighted by atomic mass is 9.95. The fourth-order valence-electron chi connectivity index (χ4n) is 3.92. The van der Waals surface area contributed by atoms with Crippen molar-refractivity contribution >= 4 is 51.3 Å². The Balaban J connectivity index is 0.000000174. The molecule has 1 heterocycles. The van der Waals surface area contributed by atoms with E-state index in [1.165, 1.54) is 24.3 Å². The first-order valence-electron chi connectivity index (χ1n) is 13.0. The van der Waals surface area contributed by atoms with Gasteiger partial charge in [0.15, 0.2) is 5.75 Å². The average molecular weight is 634 g/mol. The lowest BCUT2D eigenvalue weighted by Gasteiger charge is -2.12. The molecule has 0 aliphatic heterocycles. The van der Waals surface area contributed by atoms with Crippen LogP contribution >= 0.6 is 23.2 Å². The minimum absolute atomic E-state index is 0.0880. The quantitative estimate of drug-likeness (QED) is 0.0763. The van der Waals surface area contributed by atoms with Crippen LogP contribution in [0, 0.1) is 6.92 Å². The minimum atomic E-state index is -0.988. The molecule has 0 unspecified atom stereocenters. The summed E-state index contributed by atoms with van der Waals surface area (Å²) in [5.74, 6) is -0.732. The number of halogens is 2. The molecule has 0 radical (unpaired) electrons. The van der Waals surface area contributed by atoms with E-state index in [0.717, 1.165) is 27.5 Å². The molecule has 0 amide bonds. The number of nitrogen functional groups attached to an aromatic ring is 2. The van der Waals surface area contributed by atoms with Crippen molar-refractivity contribution in [1.29, 1.82) is 0 Å². The number of anilines is 2. The summed E-state index contributed by atoms with van der Waals surface area (Å²) in [6.45, 7) is 1.94. The number of aromatic nitrogens is 2. The molecule has 11 heteroatoms. The predicted molar refractivity (Wildman–Crippen MR) is 178 cm³/mol. The predicted octanol–water partition coefficient (Wildman–Crippen LogP) is 7.47. The summed E-state index contributed by atoms with van der Waals surface area (Å²) < 4.78 is 0. The molecular weight excluding hydrogens is 603 g/mol. The van der Waals surface area contributed by atoms with Gasteiger partial charge in [-0.05, 0) is 59.2 Å². The van der Waals surface area contributed by atoms with Gasteiger partial charge in [-0.25, -0.2) is 4.79 Å². The molecule has 5 aromatic carbocycles. The van der Waals surface area contributed by atoms with Crippen molar-refractivity contribution in [3.05, 3.63) is 141 Å². The van der Waals surface area contributed by atoms with Crippen molar-refractivity contribution < 1.29 is 20.1 Å². The number of aromatic amines is 2. The number of H-pyrrole nitrogens is 2. The molecule has 9 N–H and O–H groups in total. The monoisotopic (exact) mass is 632 g/mol. The number of aromatic carboxylic acids is 1. The Kier molecular flexibility index (Phi) is 11.8. The third-order valence-electron chi connectivity index (χ3n) is 6.04. The molecule has 0 bridgehead atoms. The SMILES string of the molecule is Cc1cc2ccccc2c(-c2ccccc2)c1O.Nc1cc(Cl)cc(Cl)c1O.Nc1ccccc1C(=O)O.O=c1cc[nH][nH]1. The van der Waals surface area contributed by atoms with Crippen LogP contribution in [0.2, 0.25) is 10.0 Å². The molecule has 0 saturated carbocycles. The van der Waals surface area contributed by atoms with E-state index in [9.17, 15) is 14.7 Å². The number of hydrogen-bond donors (Lipinski definition) is 7. The van der Waals surface area contributed by atoms with E-state index in [4.69, 9.17) is 44.9 Å². The first kappa shape index (κ1) is 33.1. The molecule has 0 fully saturated rings. The number of fused-ring (bicyclic) bond motifs is 1. The zero-order valence-electron chi connectivity index (χ0n) is 23.5. The molecule has 6 aromatic rings. The van der Waals surface area contributed by atoms with Gasteiger partial charge >= 0.3 is 5.97 Å². The highest BCUT2D eigenvalue weighted by molar-refractivity contribution is 6.36. The summed E-state index contributed by atoms with van der Waals surface area (Å²) >= 11 is 11.1. The fourth-order valence-corrected chi connectivity index (χ4v) is 4.43. The zero-order chi connectivity index (χ0) is 32.2. The summed E-state index contributed by atoms with van der Waals surface area (Å²) in [6, 6.07) is 30.8. The maximum Gasteiger partial charge on any atom is 0.337 e. The van der Waals surface area contributed by atoms with E-state index in [1.54, 1.807) is 24.4 Å². The van der Waals surface area contributed by atoms with Crippen LogP contribution in [0.25, 0.3) is 21.9 Å². The van der Waals surface area contributed by atoms with Gasteiger partial charge in [-0.1, -0.05) is 89.9 Å². The summed E-state index contributed by atoms with van der Waals surface area (Å²) in [4.78, 5) is 20.3. The summed E-state index contributed by atoms with van der Waals surface area (Å²) in [5, 5.41) is 35.5. The number of phenols is 2. The number of carboxylic acids is 1. The minimum Gasteiger partial charge on any atom is -0.507 e. The molecule has 1 aromatic heterocycles. The lowest BCUT2D eigenvalue weighted by Crippen LogP contribution is -2.00. The number of aromatic hydroxyl groups is 2. The van der Waals surface area contributed by atoms with Gasteiger partial charge in [-0.2, -0.15) is 0 Å². The van der Waals surface area contributed by atoms with E-state index >= 15 is 0 Å². The number of benzene rings is 5. The Morgan fingerprint density at radius 3 is 1.95 bits per heavy atom. The van der Waals surface area contributed by atoms with Gasteiger partial charge in [0.05, 0.1) is 16.3 Å². The number of para-hydroxylation sites is 1. The van der Waals surface area contributed by atoms with Crippen molar-refractivity contribution in [1.82, 2.24) is 10.2 Å². The Morgan fingerprint density at radius 2 is 1.41 bits per heavy atom. The molecule has 0 spiro atoms. The van der Waals surface area contributed by atoms with Crippen LogP contribution in [0.1, 0.15) is 15.9 Å². The first-order valence-corrected chi connectivity index (χ1v) is 13.7. The third kappa shape index (κ3) is 9.06. The second-order valence-corrected chi connectivity index (χ2v) is 10.0. The second kappa shape index (κ2) is 15.7. The number of rotatable bonds is 2. The fraction of sp³-hybridized carbons (Fsp3) is 0.0303. The number of phenolic OH excluding ortho intramolecular Hbond substituents is 2. The van der Waals surface area contributed by atoms with Gasteiger partial charge in [0.1, 0.15) is 5.75 Å². The number of carbonyl (C=O) groups is 1. The molecule has 0 aliphatic carbocycles. The van der Waals surface area contributed by atoms with Crippen LogP contribution in [0.4, 0.5) is 11.4 Å². The Bertz CT molecular complexity index is 1870. The van der Waals surface area contributed by atoms with E-state index in [1.807, 2.05) is 55.5 Å². The number of nitrogens with one attached hydrogen (secondary N) is 2. The lowest BCUT2D eigenvalue weighted by molar-refractivity contribution is 0.0698. The highest BCUT2D eigenvalue weighted by atomic mass is 35.5. The second-order valence-electron chi connectivity index (χ2n) is 9.19. The maximum absolute atomic E-state index is 10.3. The molecular formula is C33H30Cl2N4O5. The smallest absolute Gasteiger partial charge is 0.337 e. The van der Waals surface area contributed by atoms with Gasteiger partial charge in [-0.3, -0.25) is 9.89 Å². The summed E-state index contributed by atoms with van der Waals surface area (Å²) in [6.07, 6.45) is 1.54. The molecule has 0 atom stereocenters. The van der Waals surface area contributed by atoms with Gasteiger partial charge < -0.3 is 31.9 Å². The number of nitrogens with two attached hydrogens (primary N) is 2. The Hall–Kier alpha value is -5.38. The van der Waals surface area contributed by atoms with Crippen molar-refractivity contribution in [2.75, 3.05) is 11.5 Å². The van der Waals surface area contributed by atoms with Crippen LogP contribution in [0.5, 0.6) is 11.5 Å². The van der Waals surface area contributed by atoms with Gasteiger partial charge in [-0.15, -0.1) is 0 Å². The van der Waals surface area contributed by atoms with Crippen LogP contribution in [-0.4, -0.2) is 31.5 Å². The van der Waals surface area contributed by atoms with Crippen LogP contribution in [0.3, 0.4) is 0 Å². The molecule has 0 saturated heterocycles. The van der Waals surface area contributed by atoms with Gasteiger partial charge in [0.2, 0.25) is 0 Å². The molecule has 44 heavy (non-hydrogen) atoms. The van der Waals surface area contributed by atoms with Crippen LogP contribution in [-0.2, 0) is 0 Å². The number of hydrogen-bond acceptors (Lipinski definition) is 6. The summed E-state index contributed by atoms with van der Waals surface area (Å²) in [7, 11) is 0. The van der Waals surface area contributed by atoms with E-state index in [0.29, 0.717) is 16.5 Å². The van der Waals surface area contributed by atoms with E-state index in [-0.39, 0.29) is 27.6 Å². The molecule has 226 valence electrons. The van der Waals surface area contributed by atoms with E-state index < -0.39 is 5.97 Å². The number of carboxylic acid groups (broad SMARTS) is 1. The molecule has 6 rings (SSSR count). The van der Waals surface area contributed by atoms with Crippen molar-refractivity contribution in [3.8, 4) is 22.6 Å². The van der Waals surface area contributed by atoms with Crippen molar-refractivity contribution in [2.24, 2.45) is 0 Å². The van der Waals surface area contributed by atoms with E-state index in [2.05, 4.69) is 22.3 Å².